The van der Waals surface area contributed by atoms with Crippen molar-refractivity contribution in [2.45, 2.75) is 38.3 Å². The van der Waals surface area contributed by atoms with E-state index in [1.54, 1.807) is 13.3 Å². The van der Waals surface area contributed by atoms with E-state index in [-0.39, 0.29) is 5.91 Å². The maximum atomic E-state index is 13.1. The maximum absolute atomic E-state index is 13.1. The first-order valence-electron chi connectivity index (χ1n) is 11.2. The lowest BCUT2D eigenvalue weighted by molar-refractivity contribution is 0.0628. The molecule has 7 nitrogen and oxygen atoms in total. The van der Waals surface area contributed by atoms with E-state index in [2.05, 4.69) is 31.6 Å². The second-order valence-corrected chi connectivity index (χ2v) is 8.58. The number of carbonyl (C=O) groups is 1. The minimum Gasteiger partial charge on any atom is -0.497 e. The summed E-state index contributed by atoms with van der Waals surface area (Å²) in [6, 6.07) is 10.6. The number of hydrogen-bond donors (Lipinski definition) is 0. The van der Waals surface area contributed by atoms with Gasteiger partial charge in [0.1, 0.15) is 11.3 Å². The highest BCUT2D eigenvalue weighted by molar-refractivity contribution is 5.96. The molecule has 1 amide bonds. The van der Waals surface area contributed by atoms with Crippen molar-refractivity contribution >= 4 is 17.1 Å². The molecule has 1 saturated heterocycles. The Balaban J connectivity index is 1.22. The molecule has 0 atom stereocenters. The van der Waals surface area contributed by atoms with Crippen LogP contribution in [-0.2, 0) is 6.54 Å². The van der Waals surface area contributed by atoms with Crippen molar-refractivity contribution < 1.29 is 9.53 Å². The van der Waals surface area contributed by atoms with E-state index in [4.69, 9.17) is 4.74 Å². The molecule has 3 aromatic rings. The van der Waals surface area contributed by atoms with Gasteiger partial charge in [-0.25, -0.2) is 9.97 Å². The van der Waals surface area contributed by atoms with E-state index in [1.807, 2.05) is 29.4 Å². The highest BCUT2D eigenvalue weighted by atomic mass is 16.5. The van der Waals surface area contributed by atoms with Crippen molar-refractivity contribution in [2.24, 2.45) is 0 Å². The number of imidazole rings is 1. The molecule has 162 valence electrons. The number of benzene rings is 1. The zero-order valence-corrected chi connectivity index (χ0v) is 18.0. The molecule has 0 spiro atoms. The summed E-state index contributed by atoms with van der Waals surface area (Å²) in [5.41, 5.74) is 3.57. The Morgan fingerprint density at radius 1 is 1.10 bits per heavy atom. The molecule has 2 aliphatic rings. The van der Waals surface area contributed by atoms with E-state index < -0.39 is 0 Å². The van der Waals surface area contributed by atoms with Gasteiger partial charge in [0.25, 0.3) is 5.91 Å². The van der Waals surface area contributed by atoms with Crippen LogP contribution in [0.4, 0.5) is 0 Å². The zero-order chi connectivity index (χ0) is 21.2. The molecule has 7 heteroatoms. The summed E-state index contributed by atoms with van der Waals surface area (Å²) in [4.78, 5) is 26.5. The molecule has 31 heavy (non-hydrogen) atoms. The number of carbonyl (C=O) groups excluding carboxylic acids is 1. The Morgan fingerprint density at radius 2 is 1.90 bits per heavy atom. The number of amides is 1. The van der Waals surface area contributed by atoms with E-state index in [0.717, 1.165) is 49.6 Å². The minimum absolute atomic E-state index is 0.0471. The number of ether oxygens (including phenoxy) is 1. The SMILES string of the molecule is COc1cccc(CN2CCN(C(=O)c3cnc4c(c3)ncn4C3CCCC3)CC2)c1. The molecule has 1 aromatic carbocycles. The number of pyridine rings is 1. The summed E-state index contributed by atoms with van der Waals surface area (Å²) >= 11 is 0. The van der Waals surface area contributed by atoms with E-state index in [1.165, 1.54) is 31.2 Å². The Morgan fingerprint density at radius 3 is 2.68 bits per heavy atom. The van der Waals surface area contributed by atoms with Crippen LogP contribution in [0.15, 0.2) is 42.9 Å². The number of hydrogen-bond acceptors (Lipinski definition) is 5. The van der Waals surface area contributed by atoms with Gasteiger partial charge < -0.3 is 14.2 Å². The molecule has 1 saturated carbocycles. The van der Waals surface area contributed by atoms with Crippen LogP contribution < -0.4 is 4.74 Å². The summed E-state index contributed by atoms with van der Waals surface area (Å²) in [7, 11) is 1.69. The molecule has 1 aliphatic heterocycles. The van der Waals surface area contributed by atoms with Gasteiger partial charge in [-0.05, 0) is 36.6 Å². The monoisotopic (exact) mass is 419 g/mol. The average Bonchev–Trinajstić information content (AvgIpc) is 3.48. The van der Waals surface area contributed by atoms with Crippen LogP contribution in [0.25, 0.3) is 11.2 Å². The number of piperazine rings is 1. The minimum atomic E-state index is 0.0471. The van der Waals surface area contributed by atoms with Crippen molar-refractivity contribution in [3.63, 3.8) is 0 Å². The van der Waals surface area contributed by atoms with Gasteiger partial charge in [0.05, 0.1) is 19.0 Å². The summed E-state index contributed by atoms with van der Waals surface area (Å²) in [6.07, 6.45) is 8.52. The zero-order valence-electron chi connectivity index (χ0n) is 18.0. The van der Waals surface area contributed by atoms with Crippen LogP contribution in [-0.4, -0.2) is 63.5 Å². The Hall–Kier alpha value is -2.93. The van der Waals surface area contributed by atoms with Crippen LogP contribution in [0.1, 0.15) is 47.6 Å². The normalized spacial score (nSPS) is 18.0. The largest absolute Gasteiger partial charge is 0.497 e. The number of fused-ring (bicyclic) bond motifs is 1. The molecular formula is C24H29N5O2. The molecule has 0 bridgehead atoms. The van der Waals surface area contributed by atoms with Gasteiger partial charge in [-0.2, -0.15) is 0 Å². The quantitative estimate of drug-likeness (QED) is 0.633. The van der Waals surface area contributed by atoms with Crippen LogP contribution in [0.5, 0.6) is 5.75 Å². The number of aromatic nitrogens is 3. The van der Waals surface area contributed by atoms with Gasteiger partial charge in [0, 0.05) is 45.0 Å². The molecule has 0 N–H and O–H groups in total. The molecule has 2 aromatic heterocycles. The van der Waals surface area contributed by atoms with E-state index >= 15 is 0 Å². The first-order valence-corrected chi connectivity index (χ1v) is 11.2. The van der Waals surface area contributed by atoms with Crippen molar-refractivity contribution in [3.8, 4) is 5.75 Å². The highest BCUT2D eigenvalue weighted by Gasteiger charge is 2.24. The number of rotatable bonds is 5. The van der Waals surface area contributed by atoms with Crippen molar-refractivity contribution in [1.82, 2.24) is 24.3 Å². The van der Waals surface area contributed by atoms with Crippen molar-refractivity contribution in [1.29, 1.82) is 0 Å². The second-order valence-electron chi connectivity index (χ2n) is 8.58. The lowest BCUT2D eigenvalue weighted by Gasteiger charge is -2.34. The van der Waals surface area contributed by atoms with Gasteiger partial charge >= 0.3 is 0 Å². The molecule has 3 heterocycles. The van der Waals surface area contributed by atoms with Gasteiger partial charge in [-0.15, -0.1) is 0 Å². The van der Waals surface area contributed by atoms with Crippen LogP contribution >= 0.6 is 0 Å². The predicted octanol–water partition coefficient (Wildman–Crippen LogP) is 3.51. The maximum Gasteiger partial charge on any atom is 0.255 e. The molecule has 2 fully saturated rings. The molecule has 0 unspecified atom stereocenters. The molecular weight excluding hydrogens is 390 g/mol. The second kappa shape index (κ2) is 8.67. The van der Waals surface area contributed by atoms with Gasteiger partial charge in [-0.3, -0.25) is 9.69 Å². The Labute approximate surface area is 182 Å². The lowest BCUT2D eigenvalue weighted by atomic mass is 10.1. The molecule has 5 rings (SSSR count). The summed E-state index contributed by atoms with van der Waals surface area (Å²) in [5.74, 6) is 0.926. The first kappa shape index (κ1) is 20.0. The Bertz CT molecular complexity index is 1060. The van der Waals surface area contributed by atoms with Crippen LogP contribution in [0.3, 0.4) is 0 Å². The van der Waals surface area contributed by atoms with Gasteiger partial charge in [-0.1, -0.05) is 25.0 Å². The summed E-state index contributed by atoms with van der Waals surface area (Å²) < 4.78 is 7.51. The number of nitrogens with zero attached hydrogens (tertiary/aromatic N) is 5. The fourth-order valence-electron chi connectivity index (χ4n) is 4.81. The average molecular weight is 420 g/mol. The molecule has 0 radical (unpaired) electrons. The van der Waals surface area contributed by atoms with E-state index in [9.17, 15) is 4.79 Å². The third kappa shape index (κ3) is 4.14. The number of methoxy groups -OCH3 is 1. The fourth-order valence-corrected chi connectivity index (χ4v) is 4.81. The third-order valence-electron chi connectivity index (χ3n) is 6.58. The van der Waals surface area contributed by atoms with Gasteiger partial charge in [0.15, 0.2) is 5.65 Å². The Kier molecular flexibility index (Phi) is 5.59. The lowest BCUT2D eigenvalue weighted by Crippen LogP contribution is -2.48. The first-order chi connectivity index (χ1) is 15.2. The van der Waals surface area contributed by atoms with Crippen LogP contribution in [0, 0.1) is 0 Å². The summed E-state index contributed by atoms with van der Waals surface area (Å²) in [5, 5.41) is 0. The standard InChI is InChI=1S/C24H29N5O2/c1-31-21-8-4-5-18(13-21)16-27-9-11-28(12-10-27)24(30)19-14-22-23(25-15-19)29(17-26-22)20-6-2-3-7-20/h4-5,8,13-15,17,20H,2-3,6-7,9-12,16H2,1H3. The summed E-state index contributed by atoms with van der Waals surface area (Å²) in [6.45, 7) is 4.02. The van der Waals surface area contributed by atoms with Gasteiger partial charge in [0.2, 0.25) is 0 Å². The highest BCUT2D eigenvalue weighted by Crippen LogP contribution is 2.31. The predicted molar refractivity (Wildman–Crippen MR) is 119 cm³/mol. The molecule has 1 aliphatic carbocycles. The van der Waals surface area contributed by atoms with Crippen LogP contribution in [0.2, 0.25) is 0 Å². The smallest absolute Gasteiger partial charge is 0.255 e. The topological polar surface area (TPSA) is 63.5 Å². The van der Waals surface area contributed by atoms with Crippen molar-refractivity contribution in [3.05, 3.63) is 54.0 Å². The van der Waals surface area contributed by atoms with Crippen molar-refractivity contribution in [2.75, 3.05) is 33.3 Å². The fraction of sp³-hybridized carbons (Fsp3) is 0.458. The van der Waals surface area contributed by atoms with E-state index in [0.29, 0.717) is 11.6 Å². The third-order valence-corrected chi connectivity index (χ3v) is 6.58.